The van der Waals surface area contributed by atoms with Gasteiger partial charge in [-0.2, -0.15) is 0 Å². The van der Waals surface area contributed by atoms with Gasteiger partial charge in [0.1, 0.15) is 11.5 Å². The Morgan fingerprint density at radius 1 is 0.944 bits per heavy atom. The predicted molar refractivity (Wildman–Crippen MR) is 65.6 cm³/mol. The van der Waals surface area contributed by atoms with E-state index < -0.39 is 11.6 Å². The van der Waals surface area contributed by atoms with E-state index in [1.54, 1.807) is 6.07 Å². The van der Waals surface area contributed by atoms with Gasteiger partial charge in [0.2, 0.25) is 0 Å². The van der Waals surface area contributed by atoms with Crippen LogP contribution in [-0.4, -0.2) is 6.54 Å². The zero-order valence-electron chi connectivity index (χ0n) is 9.70. The van der Waals surface area contributed by atoms with Crippen LogP contribution < -0.4 is 10.5 Å². The summed E-state index contributed by atoms with van der Waals surface area (Å²) < 4.78 is 31.2. The van der Waals surface area contributed by atoms with Crippen LogP contribution >= 0.6 is 0 Å². The van der Waals surface area contributed by atoms with Gasteiger partial charge in [0.25, 0.3) is 0 Å². The van der Waals surface area contributed by atoms with E-state index >= 15 is 0 Å². The van der Waals surface area contributed by atoms with E-state index in [4.69, 9.17) is 10.5 Å². The third-order valence-electron chi connectivity index (χ3n) is 2.46. The summed E-state index contributed by atoms with van der Waals surface area (Å²) in [5, 5.41) is 0. The lowest BCUT2D eigenvalue weighted by molar-refractivity contribution is 0.461. The Morgan fingerprint density at radius 3 is 2.44 bits per heavy atom. The van der Waals surface area contributed by atoms with Crippen molar-refractivity contribution in [3.8, 4) is 11.5 Å². The van der Waals surface area contributed by atoms with Crippen LogP contribution in [0.2, 0.25) is 0 Å². The molecule has 2 aromatic rings. The number of halogens is 2. The normalized spacial score (nSPS) is 10.4. The first-order valence-electron chi connectivity index (χ1n) is 5.61. The van der Waals surface area contributed by atoms with Crippen LogP contribution in [-0.2, 0) is 6.42 Å². The van der Waals surface area contributed by atoms with Crippen molar-refractivity contribution in [1.82, 2.24) is 0 Å². The fourth-order valence-corrected chi connectivity index (χ4v) is 1.61. The Hall–Kier alpha value is -1.94. The Labute approximate surface area is 104 Å². The van der Waals surface area contributed by atoms with Crippen LogP contribution in [0.5, 0.6) is 11.5 Å². The number of benzene rings is 2. The van der Waals surface area contributed by atoms with E-state index in [-0.39, 0.29) is 5.75 Å². The van der Waals surface area contributed by atoms with Crippen LogP contribution in [0.4, 0.5) is 8.78 Å². The molecule has 0 atom stereocenters. The molecule has 2 aromatic carbocycles. The van der Waals surface area contributed by atoms with Crippen LogP contribution in [0, 0.1) is 11.6 Å². The van der Waals surface area contributed by atoms with Gasteiger partial charge in [-0.1, -0.05) is 12.1 Å². The van der Waals surface area contributed by atoms with E-state index in [2.05, 4.69) is 0 Å². The molecule has 2 nitrogen and oxygen atoms in total. The average Bonchev–Trinajstić information content (AvgIpc) is 2.35. The summed E-state index contributed by atoms with van der Waals surface area (Å²) in [6.07, 6.45) is 0.745. The van der Waals surface area contributed by atoms with Crippen molar-refractivity contribution in [1.29, 1.82) is 0 Å². The number of nitrogens with two attached hydrogens (primary N) is 1. The molecule has 0 aliphatic heterocycles. The summed E-state index contributed by atoms with van der Waals surface area (Å²) in [6.45, 7) is 0.550. The molecule has 0 amide bonds. The quantitative estimate of drug-likeness (QED) is 0.902. The van der Waals surface area contributed by atoms with Crippen molar-refractivity contribution < 1.29 is 13.5 Å². The maximum Gasteiger partial charge on any atom is 0.162 e. The van der Waals surface area contributed by atoms with Crippen LogP contribution in [0.15, 0.2) is 42.5 Å². The van der Waals surface area contributed by atoms with E-state index in [0.717, 1.165) is 24.1 Å². The van der Waals surface area contributed by atoms with Crippen LogP contribution in [0.25, 0.3) is 0 Å². The Kier molecular flexibility index (Phi) is 3.89. The molecular formula is C14H13F2NO. The highest BCUT2D eigenvalue weighted by Crippen LogP contribution is 2.23. The van der Waals surface area contributed by atoms with Crippen molar-refractivity contribution in [3.05, 3.63) is 59.7 Å². The van der Waals surface area contributed by atoms with Gasteiger partial charge in [-0.25, -0.2) is 8.78 Å². The fraction of sp³-hybridized carbons (Fsp3) is 0.143. The third-order valence-corrected chi connectivity index (χ3v) is 2.46. The molecule has 0 saturated carbocycles. The molecule has 0 radical (unpaired) electrons. The molecule has 18 heavy (non-hydrogen) atoms. The lowest BCUT2D eigenvalue weighted by atomic mass is 10.1. The molecule has 2 N–H and O–H groups in total. The summed E-state index contributed by atoms with van der Waals surface area (Å²) in [5.41, 5.74) is 6.51. The zero-order chi connectivity index (χ0) is 13.0. The van der Waals surface area contributed by atoms with E-state index in [0.29, 0.717) is 12.3 Å². The summed E-state index contributed by atoms with van der Waals surface area (Å²) in [5.74, 6) is -0.976. The minimum Gasteiger partial charge on any atom is -0.457 e. The van der Waals surface area contributed by atoms with Gasteiger partial charge >= 0.3 is 0 Å². The smallest absolute Gasteiger partial charge is 0.162 e. The lowest BCUT2D eigenvalue weighted by Crippen LogP contribution is -2.02. The Bertz CT molecular complexity index is 543. The first kappa shape index (κ1) is 12.5. The molecule has 0 heterocycles. The largest absolute Gasteiger partial charge is 0.457 e. The topological polar surface area (TPSA) is 35.2 Å². The standard InChI is InChI=1S/C14H13F2NO/c15-13-5-4-12(9-14(13)16)18-11-3-1-2-10(8-11)6-7-17/h1-5,8-9H,6-7,17H2. The molecule has 0 unspecified atom stereocenters. The number of rotatable bonds is 4. The highest BCUT2D eigenvalue weighted by Gasteiger charge is 2.04. The number of hydrogen-bond acceptors (Lipinski definition) is 2. The SMILES string of the molecule is NCCc1cccc(Oc2ccc(F)c(F)c2)c1. The fourth-order valence-electron chi connectivity index (χ4n) is 1.61. The molecule has 0 saturated heterocycles. The van der Waals surface area contributed by atoms with E-state index in [1.165, 1.54) is 6.07 Å². The monoisotopic (exact) mass is 249 g/mol. The zero-order valence-corrected chi connectivity index (χ0v) is 9.70. The second-order valence-corrected chi connectivity index (χ2v) is 3.86. The molecule has 0 aliphatic rings. The predicted octanol–water partition coefficient (Wildman–Crippen LogP) is 3.26. The number of ether oxygens (including phenoxy) is 1. The molecule has 0 fully saturated rings. The van der Waals surface area contributed by atoms with Crippen molar-refractivity contribution in [3.63, 3.8) is 0 Å². The van der Waals surface area contributed by atoms with Crippen LogP contribution in [0.1, 0.15) is 5.56 Å². The maximum atomic E-state index is 13.0. The van der Waals surface area contributed by atoms with Gasteiger partial charge in [-0.05, 0) is 42.8 Å². The van der Waals surface area contributed by atoms with Gasteiger partial charge in [0.05, 0.1) is 0 Å². The Morgan fingerprint density at radius 2 is 1.72 bits per heavy atom. The first-order chi connectivity index (χ1) is 8.69. The van der Waals surface area contributed by atoms with Crippen molar-refractivity contribution >= 4 is 0 Å². The molecule has 0 aliphatic carbocycles. The van der Waals surface area contributed by atoms with Gasteiger partial charge in [0.15, 0.2) is 11.6 Å². The van der Waals surface area contributed by atoms with Gasteiger partial charge in [-0.15, -0.1) is 0 Å². The molecule has 94 valence electrons. The molecule has 0 spiro atoms. The van der Waals surface area contributed by atoms with E-state index in [9.17, 15) is 8.78 Å². The van der Waals surface area contributed by atoms with Gasteiger partial charge in [-0.3, -0.25) is 0 Å². The maximum absolute atomic E-state index is 13.0. The lowest BCUT2D eigenvalue weighted by Gasteiger charge is -2.07. The third kappa shape index (κ3) is 3.05. The Balaban J connectivity index is 2.17. The van der Waals surface area contributed by atoms with Gasteiger partial charge in [0, 0.05) is 6.07 Å². The summed E-state index contributed by atoms with van der Waals surface area (Å²) in [6, 6.07) is 10.8. The summed E-state index contributed by atoms with van der Waals surface area (Å²) in [4.78, 5) is 0. The molecular weight excluding hydrogens is 236 g/mol. The van der Waals surface area contributed by atoms with Crippen molar-refractivity contribution in [2.24, 2.45) is 5.73 Å². The second kappa shape index (κ2) is 5.60. The highest BCUT2D eigenvalue weighted by molar-refractivity contribution is 5.34. The van der Waals surface area contributed by atoms with Gasteiger partial charge < -0.3 is 10.5 Å². The van der Waals surface area contributed by atoms with Crippen molar-refractivity contribution in [2.45, 2.75) is 6.42 Å². The van der Waals surface area contributed by atoms with Crippen molar-refractivity contribution in [2.75, 3.05) is 6.54 Å². The second-order valence-electron chi connectivity index (χ2n) is 3.86. The average molecular weight is 249 g/mol. The minimum absolute atomic E-state index is 0.263. The van der Waals surface area contributed by atoms with E-state index in [1.807, 2.05) is 18.2 Å². The van der Waals surface area contributed by atoms with Crippen LogP contribution in [0.3, 0.4) is 0 Å². The summed E-state index contributed by atoms with van der Waals surface area (Å²) >= 11 is 0. The minimum atomic E-state index is -0.925. The highest BCUT2D eigenvalue weighted by atomic mass is 19.2. The molecule has 4 heteroatoms. The molecule has 0 aromatic heterocycles. The number of hydrogen-bond donors (Lipinski definition) is 1. The summed E-state index contributed by atoms with van der Waals surface area (Å²) in [7, 11) is 0. The molecule has 0 bridgehead atoms. The molecule has 2 rings (SSSR count). The first-order valence-corrected chi connectivity index (χ1v) is 5.61.